The van der Waals surface area contributed by atoms with Crippen molar-refractivity contribution >= 4 is 17.0 Å². The highest BCUT2D eigenvalue weighted by Gasteiger charge is 2.38. The van der Waals surface area contributed by atoms with Crippen LogP contribution in [0.5, 0.6) is 0 Å². The number of nitrogens with two attached hydrogens (primary N) is 1. The van der Waals surface area contributed by atoms with Crippen molar-refractivity contribution in [3.05, 3.63) is 34.8 Å². The Morgan fingerprint density at radius 3 is 2.70 bits per heavy atom. The number of aryl methyl sites for hydroxylation is 1. The minimum Gasteiger partial charge on any atom is -0.398 e. The number of nitrogens with zero attached hydrogens (tertiary/aromatic N) is 1. The Balaban J connectivity index is 1.70. The van der Waals surface area contributed by atoms with Crippen molar-refractivity contribution in [2.45, 2.75) is 44.9 Å². The summed E-state index contributed by atoms with van der Waals surface area (Å²) < 4.78 is 0. The van der Waals surface area contributed by atoms with Crippen LogP contribution in [0.25, 0.3) is 10.6 Å². The summed E-state index contributed by atoms with van der Waals surface area (Å²) in [5, 5.41) is 1.11. The first-order chi connectivity index (χ1) is 9.76. The minimum absolute atomic E-state index is 0.610. The molecule has 1 spiro atoms. The molecule has 1 saturated carbocycles. The minimum atomic E-state index is 0.610. The first kappa shape index (κ1) is 12.4. The second kappa shape index (κ2) is 4.59. The molecular weight excluding hydrogens is 264 g/mol. The molecule has 0 unspecified atom stereocenters. The normalized spacial score (nSPS) is 20.2. The van der Waals surface area contributed by atoms with Crippen LogP contribution in [-0.2, 0) is 12.8 Å². The Morgan fingerprint density at radius 1 is 1.10 bits per heavy atom. The van der Waals surface area contributed by atoms with Gasteiger partial charge in [-0.15, -0.1) is 11.3 Å². The van der Waals surface area contributed by atoms with Crippen LogP contribution in [0.4, 0.5) is 5.69 Å². The molecule has 0 radical (unpaired) electrons. The summed E-state index contributed by atoms with van der Waals surface area (Å²) in [6.07, 6.45) is 9.46. The standard InChI is InChI=1S/C17H20N2S/c18-13-6-2-1-5-12(13)16-19-14-7-10-17(8-3-4-9-17)11-15(14)20-16/h1-2,5-6H,3-4,7-11,18H2. The summed E-state index contributed by atoms with van der Waals surface area (Å²) in [4.78, 5) is 6.40. The summed E-state index contributed by atoms with van der Waals surface area (Å²) in [5.41, 5.74) is 9.99. The molecule has 2 aromatic rings. The first-order valence-electron chi connectivity index (χ1n) is 7.59. The van der Waals surface area contributed by atoms with Gasteiger partial charge in [-0.1, -0.05) is 25.0 Å². The maximum atomic E-state index is 6.09. The van der Waals surface area contributed by atoms with Crippen molar-refractivity contribution in [2.75, 3.05) is 5.73 Å². The van der Waals surface area contributed by atoms with Crippen molar-refractivity contribution in [1.82, 2.24) is 4.98 Å². The lowest BCUT2D eigenvalue weighted by molar-refractivity contribution is 0.256. The molecule has 2 nitrogen and oxygen atoms in total. The lowest BCUT2D eigenvalue weighted by atomic mass is 9.74. The van der Waals surface area contributed by atoms with E-state index in [1.165, 1.54) is 55.5 Å². The van der Waals surface area contributed by atoms with Crippen LogP contribution in [0.2, 0.25) is 0 Å². The van der Waals surface area contributed by atoms with Crippen molar-refractivity contribution in [3.8, 4) is 10.6 Å². The van der Waals surface area contributed by atoms with Gasteiger partial charge in [-0.05, 0) is 49.7 Å². The van der Waals surface area contributed by atoms with Crippen LogP contribution in [0.1, 0.15) is 42.7 Å². The smallest absolute Gasteiger partial charge is 0.125 e. The quantitative estimate of drug-likeness (QED) is 0.786. The Hall–Kier alpha value is -1.35. The number of anilines is 1. The molecule has 0 amide bonds. The topological polar surface area (TPSA) is 38.9 Å². The fraction of sp³-hybridized carbons (Fsp3) is 0.471. The number of benzene rings is 1. The van der Waals surface area contributed by atoms with Crippen molar-refractivity contribution in [3.63, 3.8) is 0 Å². The molecule has 1 aromatic carbocycles. The van der Waals surface area contributed by atoms with E-state index in [2.05, 4.69) is 6.07 Å². The largest absolute Gasteiger partial charge is 0.398 e. The zero-order chi connectivity index (χ0) is 13.6. The summed E-state index contributed by atoms with van der Waals surface area (Å²) in [7, 11) is 0. The lowest BCUT2D eigenvalue weighted by Crippen LogP contribution is -2.24. The van der Waals surface area contributed by atoms with Gasteiger partial charge in [0.2, 0.25) is 0 Å². The Labute approximate surface area is 124 Å². The summed E-state index contributed by atoms with van der Waals surface area (Å²) in [6, 6.07) is 8.09. The maximum absolute atomic E-state index is 6.09. The van der Waals surface area contributed by atoms with Gasteiger partial charge < -0.3 is 5.73 Å². The fourth-order valence-corrected chi connectivity index (χ4v) is 5.22. The van der Waals surface area contributed by atoms with Gasteiger partial charge in [0.1, 0.15) is 5.01 Å². The SMILES string of the molecule is Nc1ccccc1-c1nc2c(s1)CC1(CCCC1)CC2. The Morgan fingerprint density at radius 2 is 1.90 bits per heavy atom. The van der Waals surface area contributed by atoms with Crippen molar-refractivity contribution < 1.29 is 0 Å². The van der Waals surface area contributed by atoms with Crippen LogP contribution in [-0.4, -0.2) is 4.98 Å². The van der Waals surface area contributed by atoms with Gasteiger partial charge in [0.15, 0.2) is 0 Å². The molecule has 0 bridgehead atoms. The fourth-order valence-electron chi connectivity index (χ4n) is 3.89. The number of para-hydroxylation sites is 1. The molecule has 4 rings (SSSR count). The zero-order valence-electron chi connectivity index (χ0n) is 11.7. The highest BCUT2D eigenvalue weighted by Crippen LogP contribution is 2.49. The number of fused-ring (bicyclic) bond motifs is 1. The van der Waals surface area contributed by atoms with Crippen LogP contribution in [0.15, 0.2) is 24.3 Å². The molecule has 104 valence electrons. The molecule has 0 atom stereocenters. The van der Waals surface area contributed by atoms with Gasteiger partial charge in [-0.25, -0.2) is 4.98 Å². The van der Waals surface area contributed by atoms with Gasteiger partial charge >= 0.3 is 0 Å². The van der Waals surface area contributed by atoms with Gasteiger partial charge in [0.25, 0.3) is 0 Å². The Kier molecular flexibility index (Phi) is 2.84. The predicted molar refractivity (Wildman–Crippen MR) is 84.9 cm³/mol. The second-order valence-electron chi connectivity index (χ2n) is 6.36. The lowest BCUT2D eigenvalue weighted by Gasteiger charge is -2.32. The third-order valence-corrected chi connectivity index (χ3v) is 6.19. The number of rotatable bonds is 1. The second-order valence-corrected chi connectivity index (χ2v) is 7.44. The summed E-state index contributed by atoms with van der Waals surface area (Å²) >= 11 is 1.87. The molecule has 2 N–H and O–H groups in total. The van der Waals surface area contributed by atoms with Crippen LogP contribution < -0.4 is 5.73 Å². The molecule has 0 aliphatic heterocycles. The first-order valence-corrected chi connectivity index (χ1v) is 8.41. The van der Waals surface area contributed by atoms with Gasteiger partial charge in [-0.3, -0.25) is 0 Å². The predicted octanol–water partition coefficient (Wildman–Crippen LogP) is 4.44. The van der Waals surface area contributed by atoms with E-state index in [4.69, 9.17) is 10.7 Å². The number of thiazole rings is 1. The van der Waals surface area contributed by atoms with E-state index in [9.17, 15) is 0 Å². The van der Waals surface area contributed by atoms with E-state index in [-0.39, 0.29) is 0 Å². The van der Waals surface area contributed by atoms with Crippen LogP contribution in [0.3, 0.4) is 0 Å². The van der Waals surface area contributed by atoms with Gasteiger partial charge in [0, 0.05) is 16.1 Å². The monoisotopic (exact) mass is 284 g/mol. The van der Waals surface area contributed by atoms with Gasteiger partial charge in [0.05, 0.1) is 5.69 Å². The average Bonchev–Trinajstić information content (AvgIpc) is 3.06. The van der Waals surface area contributed by atoms with E-state index in [1.807, 2.05) is 29.5 Å². The molecule has 2 aliphatic rings. The number of hydrogen-bond acceptors (Lipinski definition) is 3. The van der Waals surface area contributed by atoms with E-state index < -0.39 is 0 Å². The number of hydrogen-bond donors (Lipinski definition) is 1. The van der Waals surface area contributed by atoms with E-state index in [1.54, 1.807) is 0 Å². The van der Waals surface area contributed by atoms with Crippen LogP contribution >= 0.6 is 11.3 Å². The van der Waals surface area contributed by atoms with E-state index in [0.29, 0.717) is 5.41 Å². The third-order valence-electron chi connectivity index (χ3n) is 5.06. The molecule has 0 saturated heterocycles. The molecule has 1 aromatic heterocycles. The Bertz CT molecular complexity index is 638. The molecule has 1 heterocycles. The van der Waals surface area contributed by atoms with E-state index in [0.717, 1.165) is 16.3 Å². The molecule has 20 heavy (non-hydrogen) atoms. The summed E-state index contributed by atoms with van der Waals surface area (Å²) in [5.74, 6) is 0. The van der Waals surface area contributed by atoms with Crippen LogP contribution in [0, 0.1) is 5.41 Å². The highest BCUT2D eigenvalue weighted by molar-refractivity contribution is 7.15. The van der Waals surface area contributed by atoms with Gasteiger partial charge in [-0.2, -0.15) is 0 Å². The molecule has 2 aliphatic carbocycles. The average molecular weight is 284 g/mol. The number of aromatic nitrogens is 1. The molecule has 3 heteroatoms. The summed E-state index contributed by atoms with van der Waals surface area (Å²) in [6.45, 7) is 0. The molecule has 1 fully saturated rings. The van der Waals surface area contributed by atoms with Crippen molar-refractivity contribution in [1.29, 1.82) is 0 Å². The third kappa shape index (κ3) is 1.96. The molecular formula is C17H20N2S. The van der Waals surface area contributed by atoms with E-state index >= 15 is 0 Å². The van der Waals surface area contributed by atoms with Crippen molar-refractivity contribution in [2.24, 2.45) is 5.41 Å². The highest BCUT2D eigenvalue weighted by atomic mass is 32.1. The maximum Gasteiger partial charge on any atom is 0.125 e. The number of nitrogen functional groups attached to an aromatic ring is 1. The zero-order valence-corrected chi connectivity index (χ0v) is 12.5.